The molecule has 0 radical (unpaired) electrons. The Kier molecular flexibility index (Phi) is 4.30. The molecule has 2 aliphatic carbocycles. The fraction of sp³-hybridized carbons (Fsp3) is 0.571. The molecule has 1 amide bonds. The van der Waals surface area contributed by atoms with Gasteiger partial charge in [0.1, 0.15) is 0 Å². The summed E-state index contributed by atoms with van der Waals surface area (Å²) >= 11 is 0. The van der Waals surface area contributed by atoms with E-state index in [4.69, 9.17) is 0 Å². The van der Waals surface area contributed by atoms with Crippen LogP contribution in [0.1, 0.15) is 60.5 Å². The van der Waals surface area contributed by atoms with Crippen LogP contribution >= 0.6 is 0 Å². The van der Waals surface area contributed by atoms with Gasteiger partial charge in [-0.05, 0) is 50.7 Å². The second-order valence-electron chi connectivity index (χ2n) is 8.54. The van der Waals surface area contributed by atoms with E-state index in [2.05, 4.69) is 15.3 Å². The van der Waals surface area contributed by atoms with Gasteiger partial charge in [-0.1, -0.05) is 0 Å². The number of hydrogen-bond donors (Lipinski definition) is 1. The minimum atomic E-state index is -2.51. The third-order valence-electron chi connectivity index (χ3n) is 6.26. The topological polar surface area (TPSA) is 58.1 Å². The van der Waals surface area contributed by atoms with E-state index in [1.807, 2.05) is 17.0 Å². The van der Waals surface area contributed by atoms with Crippen LogP contribution in [0.15, 0.2) is 24.5 Å². The molecule has 0 aromatic carbocycles. The van der Waals surface area contributed by atoms with Gasteiger partial charge in [-0.25, -0.2) is 8.78 Å². The number of carbonyl (C=O) groups is 1. The van der Waals surface area contributed by atoms with Gasteiger partial charge in [0.2, 0.25) is 0 Å². The molecule has 148 valence electrons. The number of nitrogens with one attached hydrogen (secondary N) is 1. The summed E-state index contributed by atoms with van der Waals surface area (Å²) in [5.41, 5.74) is 2.51. The van der Waals surface area contributed by atoms with Gasteiger partial charge in [-0.15, -0.1) is 0 Å². The first-order valence-electron chi connectivity index (χ1n) is 10.2. The number of likely N-dealkylation sites (tertiary alicyclic amines) is 1. The van der Waals surface area contributed by atoms with Crippen LogP contribution in [-0.2, 0) is 0 Å². The van der Waals surface area contributed by atoms with Crippen LogP contribution in [0, 0.1) is 0 Å². The first-order valence-corrected chi connectivity index (χ1v) is 10.2. The normalized spacial score (nSPS) is 27.4. The quantitative estimate of drug-likeness (QED) is 0.874. The van der Waals surface area contributed by atoms with Gasteiger partial charge in [-0.3, -0.25) is 19.7 Å². The van der Waals surface area contributed by atoms with E-state index in [0.29, 0.717) is 11.5 Å². The van der Waals surface area contributed by atoms with Crippen LogP contribution in [0.25, 0.3) is 10.9 Å². The van der Waals surface area contributed by atoms with Crippen molar-refractivity contribution < 1.29 is 13.6 Å². The third-order valence-corrected chi connectivity index (χ3v) is 6.26. The maximum Gasteiger partial charge on any atom is 0.272 e. The summed E-state index contributed by atoms with van der Waals surface area (Å²) in [6.07, 6.45) is 9.18. The molecule has 1 N–H and O–H groups in total. The molecule has 5 nitrogen and oxygen atoms in total. The summed E-state index contributed by atoms with van der Waals surface area (Å²) in [5, 5.41) is 3.96. The Morgan fingerprint density at radius 2 is 1.79 bits per heavy atom. The lowest BCUT2D eigenvalue weighted by Crippen LogP contribution is -2.60. The molecule has 0 spiro atoms. The Morgan fingerprint density at radius 1 is 1.04 bits per heavy atom. The fourth-order valence-corrected chi connectivity index (χ4v) is 4.42. The van der Waals surface area contributed by atoms with Gasteiger partial charge >= 0.3 is 0 Å². The van der Waals surface area contributed by atoms with E-state index in [1.165, 1.54) is 12.8 Å². The predicted octanol–water partition coefficient (Wildman–Crippen LogP) is 3.50. The number of carbonyl (C=O) groups excluding carboxylic acids is 1. The molecule has 7 heteroatoms. The van der Waals surface area contributed by atoms with Gasteiger partial charge in [0.25, 0.3) is 11.8 Å². The molecule has 5 rings (SSSR count). The van der Waals surface area contributed by atoms with Gasteiger partial charge in [0.15, 0.2) is 0 Å². The molecule has 3 heterocycles. The van der Waals surface area contributed by atoms with Crippen molar-refractivity contribution in [1.29, 1.82) is 0 Å². The van der Waals surface area contributed by atoms with E-state index in [-0.39, 0.29) is 31.1 Å². The van der Waals surface area contributed by atoms with Crippen molar-refractivity contribution in [3.05, 3.63) is 35.8 Å². The third kappa shape index (κ3) is 3.60. The number of nitrogens with zero attached hydrogens (tertiary/aromatic N) is 3. The smallest absolute Gasteiger partial charge is 0.272 e. The predicted molar refractivity (Wildman–Crippen MR) is 102 cm³/mol. The van der Waals surface area contributed by atoms with E-state index >= 15 is 0 Å². The molecule has 2 saturated carbocycles. The number of aromatic nitrogens is 2. The zero-order valence-corrected chi connectivity index (χ0v) is 15.7. The van der Waals surface area contributed by atoms with Crippen molar-refractivity contribution in [3.63, 3.8) is 0 Å². The summed E-state index contributed by atoms with van der Waals surface area (Å²) in [6, 6.07) is 4.18. The van der Waals surface area contributed by atoms with Crippen LogP contribution in [0.4, 0.5) is 8.78 Å². The second-order valence-corrected chi connectivity index (χ2v) is 8.54. The lowest BCUT2D eigenvalue weighted by Gasteiger charge is -2.46. The van der Waals surface area contributed by atoms with Gasteiger partial charge < -0.3 is 5.32 Å². The number of hydrogen-bond acceptors (Lipinski definition) is 4. The van der Waals surface area contributed by atoms with Crippen LogP contribution in [-0.4, -0.2) is 51.9 Å². The van der Waals surface area contributed by atoms with E-state index in [9.17, 15) is 13.6 Å². The summed E-state index contributed by atoms with van der Waals surface area (Å²) in [5.74, 6) is -2.06. The SMILES string of the molecule is O=C(NC1CCC(N2CC(F)(F)C2)CC1)c1cnc2cc(C3CC3)ncc2c1. The van der Waals surface area contributed by atoms with Crippen LogP contribution in [0.3, 0.4) is 0 Å². The number of alkyl halides is 2. The van der Waals surface area contributed by atoms with Crippen molar-refractivity contribution in [2.24, 2.45) is 0 Å². The molecule has 2 aromatic heterocycles. The van der Waals surface area contributed by atoms with Crippen molar-refractivity contribution in [2.75, 3.05) is 13.1 Å². The molecule has 1 saturated heterocycles. The molecule has 0 atom stereocenters. The van der Waals surface area contributed by atoms with Crippen LogP contribution in [0.2, 0.25) is 0 Å². The molecule has 28 heavy (non-hydrogen) atoms. The number of pyridine rings is 2. The van der Waals surface area contributed by atoms with E-state index in [0.717, 1.165) is 42.3 Å². The average Bonchev–Trinajstić information content (AvgIpc) is 3.51. The van der Waals surface area contributed by atoms with Crippen LogP contribution in [0.5, 0.6) is 0 Å². The fourth-order valence-electron chi connectivity index (χ4n) is 4.42. The second kappa shape index (κ2) is 6.72. The summed E-state index contributed by atoms with van der Waals surface area (Å²) < 4.78 is 26.1. The molecule has 0 bridgehead atoms. The zero-order chi connectivity index (χ0) is 19.3. The first-order chi connectivity index (χ1) is 13.5. The molecule has 1 aliphatic heterocycles. The summed E-state index contributed by atoms with van der Waals surface area (Å²) in [4.78, 5) is 23.5. The molecular formula is C21H24F2N4O. The number of rotatable bonds is 4. The average molecular weight is 386 g/mol. The molecule has 2 aromatic rings. The zero-order valence-electron chi connectivity index (χ0n) is 15.7. The molecular weight excluding hydrogens is 362 g/mol. The number of halogens is 2. The van der Waals surface area contributed by atoms with Crippen molar-refractivity contribution >= 4 is 16.8 Å². The highest BCUT2D eigenvalue weighted by molar-refractivity contribution is 5.97. The van der Waals surface area contributed by atoms with Crippen molar-refractivity contribution in [2.45, 2.75) is 62.4 Å². The van der Waals surface area contributed by atoms with Gasteiger partial charge in [0.05, 0.1) is 24.2 Å². The Labute approximate surface area is 162 Å². The maximum atomic E-state index is 13.0. The highest BCUT2D eigenvalue weighted by Gasteiger charge is 2.47. The summed E-state index contributed by atoms with van der Waals surface area (Å²) in [6.45, 7) is -0.234. The number of fused-ring (bicyclic) bond motifs is 1. The van der Waals surface area contributed by atoms with E-state index < -0.39 is 5.92 Å². The van der Waals surface area contributed by atoms with Crippen molar-refractivity contribution in [1.82, 2.24) is 20.2 Å². The highest BCUT2D eigenvalue weighted by atomic mass is 19.3. The lowest BCUT2D eigenvalue weighted by atomic mass is 9.88. The molecule has 0 unspecified atom stereocenters. The minimum Gasteiger partial charge on any atom is -0.349 e. The Morgan fingerprint density at radius 3 is 2.46 bits per heavy atom. The summed E-state index contributed by atoms with van der Waals surface area (Å²) in [7, 11) is 0. The Hall–Kier alpha value is -2.15. The largest absolute Gasteiger partial charge is 0.349 e. The molecule has 3 aliphatic rings. The molecule has 3 fully saturated rings. The lowest BCUT2D eigenvalue weighted by molar-refractivity contribution is -0.150. The monoisotopic (exact) mass is 386 g/mol. The highest BCUT2D eigenvalue weighted by Crippen LogP contribution is 2.39. The van der Waals surface area contributed by atoms with Crippen LogP contribution < -0.4 is 5.32 Å². The van der Waals surface area contributed by atoms with E-state index in [1.54, 1.807) is 12.4 Å². The minimum absolute atomic E-state index is 0.0941. The number of amides is 1. The Balaban J connectivity index is 1.18. The first kappa shape index (κ1) is 17.9. The maximum absolute atomic E-state index is 13.0. The standard InChI is InChI=1S/C21H24F2N4O/c22-21(23)11-27(12-21)17-5-3-16(4-6-17)26-20(28)15-7-14-9-24-18(13-1-2-13)8-19(14)25-10-15/h7-10,13,16-17H,1-6,11-12H2,(H,26,28). The Bertz CT molecular complexity index is 898. The van der Waals surface area contributed by atoms with Gasteiger partial charge in [-0.2, -0.15) is 0 Å². The van der Waals surface area contributed by atoms with Gasteiger partial charge in [0, 0.05) is 41.5 Å². The van der Waals surface area contributed by atoms with Crippen molar-refractivity contribution in [3.8, 4) is 0 Å².